The van der Waals surface area contributed by atoms with E-state index >= 15 is 0 Å². The molecule has 0 fully saturated rings. The van der Waals surface area contributed by atoms with Gasteiger partial charge in [-0.25, -0.2) is 9.37 Å². The summed E-state index contributed by atoms with van der Waals surface area (Å²) in [6.45, 7) is 1.89. The number of fused-ring (bicyclic) bond motifs is 2. The Morgan fingerprint density at radius 2 is 1.82 bits per heavy atom. The number of ether oxygens (including phenoxy) is 2. The van der Waals surface area contributed by atoms with Crippen LogP contribution in [0.5, 0.6) is 11.5 Å². The first-order valence-corrected chi connectivity index (χ1v) is 14.7. The van der Waals surface area contributed by atoms with Gasteiger partial charge >= 0.3 is 0 Å². The standard InChI is InChI=1S/C33H24FIN4O5/c1-2-42-28-16-20(15-25(35)31(28)43-19-30(40)37-23-13-11-22(34)12-14-23)18-36-39-32(29-17-21-7-3-6-10-27(21)44-29)38-26-9-5-4-8-24(26)33(39)41/h3-18H,2,19H2,1H3,(H,37,40). The van der Waals surface area contributed by atoms with E-state index in [-0.39, 0.29) is 18.0 Å². The summed E-state index contributed by atoms with van der Waals surface area (Å²) >= 11 is 2.09. The van der Waals surface area contributed by atoms with Gasteiger partial charge in [0.15, 0.2) is 23.9 Å². The topological polar surface area (TPSA) is 108 Å². The molecule has 0 unspecified atom stereocenters. The van der Waals surface area contributed by atoms with Gasteiger partial charge in [0, 0.05) is 11.1 Å². The average Bonchev–Trinajstić information content (AvgIpc) is 3.46. The zero-order valence-corrected chi connectivity index (χ0v) is 25.4. The van der Waals surface area contributed by atoms with Crippen molar-refractivity contribution in [3.05, 3.63) is 116 Å². The summed E-state index contributed by atoms with van der Waals surface area (Å²) in [6, 6.07) is 25.4. The maximum Gasteiger partial charge on any atom is 0.282 e. The van der Waals surface area contributed by atoms with Gasteiger partial charge in [0.25, 0.3) is 11.5 Å². The second-order valence-corrected chi connectivity index (χ2v) is 10.7. The van der Waals surface area contributed by atoms with E-state index in [1.165, 1.54) is 35.2 Å². The highest BCUT2D eigenvalue weighted by Gasteiger charge is 2.17. The van der Waals surface area contributed by atoms with Crippen molar-refractivity contribution in [1.82, 2.24) is 9.66 Å². The fraction of sp³-hybridized carbons (Fsp3) is 0.0909. The van der Waals surface area contributed by atoms with Gasteiger partial charge in [-0.1, -0.05) is 30.3 Å². The minimum absolute atomic E-state index is 0.257. The predicted octanol–water partition coefficient (Wildman–Crippen LogP) is 6.85. The van der Waals surface area contributed by atoms with Crippen molar-refractivity contribution in [2.24, 2.45) is 5.10 Å². The van der Waals surface area contributed by atoms with E-state index in [0.29, 0.717) is 55.2 Å². The first-order valence-electron chi connectivity index (χ1n) is 13.6. The number of benzene rings is 4. The highest BCUT2D eigenvalue weighted by atomic mass is 127. The third-order valence-electron chi connectivity index (χ3n) is 6.53. The van der Waals surface area contributed by atoms with Gasteiger partial charge in [0.05, 0.1) is 27.3 Å². The van der Waals surface area contributed by atoms with Crippen LogP contribution in [-0.4, -0.2) is 35.0 Å². The zero-order chi connectivity index (χ0) is 30.6. The third-order valence-corrected chi connectivity index (χ3v) is 7.33. The Balaban J connectivity index is 1.32. The molecule has 9 nitrogen and oxygen atoms in total. The molecule has 11 heteroatoms. The van der Waals surface area contributed by atoms with Crippen LogP contribution < -0.4 is 20.3 Å². The van der Waals surface area contributed by atoms with Crippen LogP contribution in [-0.2, 0) is 4.79 Å². The minimum Gasteiger partial charge on any atom is -0.490 e. The third kappa shape index (κ3) is 6.18. The number of furan rings is 1. The molecule has 2 heterocycles. The van der Waals surface area contributed by atoms with Gasteiger partial charge in [0.2, 0.25) is 5.82 Å². The maximum absolute atomic E-state index is 13.6. The molecule has 6 aromatic rings. The molecule has 44 heavy (non-hydrogen) atoms. The predicted molar refractivity (Wildman–Crippen MR) is 175 cm³/mol. The van der Waals surface area contributed by atoms with Crippen molar-refractivity contribution >= 4 is 62.3 Å². The Labute approximate surface area is 264 Å². The molecule has 0 bridgehead atoms. The number of nitrogens with zero attached hydrogens (tertiary/aromatic N) is 3. The number of aromatic nitrogens is 2. The molecule has 0 aliphatic carbocycles. The number of amides is 1. The molecule has 220 valence electrons. The normalized spacial score (nSPS) is 11.3. The summed E-state index contributed by atoms with van der Waals surface area (Å²) in [5, 5.41) is 8.49. The lowest BCUT2D eigenvalue weighted by molar-refractivity contribution is -0.118. The van der Waals surface area contributed by atoms with Gasteiger partial charge < -0.3 is 19.2 Å². The van der Waals surface area contributed by atoms with Crippen molar-refractivity contribution in [2.45, 2.75) is 6.92 Å². The van der Waals surface area contributed by atoms with Crippen molar-refractivity contribution in [3.63, 3.8) is 0 Å². The molecule has 2 aromatic heterocycles. The Hall–Kier alpha value is -5.04. The maximum atomic E-state index is 13.6. The van der Waals surface area contributed by atoms with E-state index in [9.17, 15) is 14.0 Å². The van der Waals surface area contributed by atoms with Crippen LogP contribution in [0.2, 0.25) is 0 Å². The number of carbonyl (C=O) groups excluding carboxylic acids is 1. The van der Waals surface area contributed by atoms with Gasteiger partial charge in [-0.2, -0.15) is 9.78 Å². The van der Waals surface area contributed by atoms with Crippen molar-refractivity contribution in [2.75, 3.05) is 18.5 Å². The molecule has 1 amide bonds. The van der Waals surface area contributed by atoms with Crippen molar-refractivity contribution < 1.29 is 23.1 Å². The highest BCUT2D eigenvalue weighted by Crippen LogP contribution is 2.34. The fourth-order valence-corrected chi connectivity index (χ4v) is 5.32. The number of hydrogen-bond donors (Lipinski definition) is 1. The van der Waals surface area contributed by atoms with Crippen LogP contribution in [0.4, 0.5) is 10.1 Å². The van der Waals surface area contributed by atoms with Gasteiger partial charge in [-0.3, -0.25) is 9.59 Å². The monoisotopic (exact) mass is 702 g/mol. The van der Waals surface area contributed by atoms with Gasteiger partial charge in [0.1, 0.15) is 11.4 Å². The summed E-state index contributed by atoms with van der Waals surface area (Å²) < 4.78 is 32.7. The number of halogens is 2. The van der Waals surface area contributed by atoms with Crippen LogP contribution in [0.25, 0.3) is 33.5 Å². The quantitative estimate of drug-likeness (QED) is 0.131. The lowest BCUT2D eigenvalue weighted by Crippen LogP contribution is -2.21. The largest absolute Gasteiger partial charge is 0.490 e. The molecule has 0 radical (unpaired) electrons. The second kappa shape index (κ2) is 12.7. The molecule has 6 rings (SSSR count). The van der Waals surface area contributed by atoms with Crippen LogP contribution in [0.15, 0.2) is 105 Å². The smallest absolute Gasteiger partial charge is 0.282 e. The summed E-state index contributed by atoms with van der Waals surface area (Å²) in [7, 11) is 0. The molecule has 0 spiro atoms. The summed E-state index contributed by atoms with van der Waals surface area (Å²) in [5.74, 6) is 0.628. The molecule has 0 aliphatic rings. The summed E-state index contributed by atoms with van der Waals surface area (Å²) in [5.41, 5.74) is 1.91. The number of nitrogens with one attached hydrogen (secondary N) is 1. The molecule has 0 atom stereocenters. The lowest BCUT2D eigenvalue weighted by Gasteiger charge is -2.15. The van der Waals surface area contributed by atoms with Crippen LogP contribution in [0.3, 0.4) is 0 Å². The first kappa shape index (κ1) is 29.1. The van der Waals surface area contributed by atoms with Crippen molar-refractivity contribution in [3.8, 4) is 23.1 Å². The van der Waals surface area contributed by atoms with E-state index in [1.54, 1.807) is 30.3 Å². The van der Waals surface area contributed by atoms with E-state index in [2.05, 4.69) is 33.0 Å². The molecular formula is C33H24FIN4O5. The Morgan fingerprint density at radius 1 is 1.05 bits per heavy atom. The SMILES string of the molecule is CCOc1cc(C=Nn2c(-c3cc4ccccc4o3)nc3ccccc3c2=O)cc(I)c1OCC(=O)Nc1ccc(F)cc1. The number of para-hydroxylation sites is 2. The molecule has 4 aromatic carbocycles. The molecular weight excluding hydrogens is 678 g/mol. The summed E-state index contributed by atoms with van der Waals surface area (Å²) in [6.07, 6.45) is 1.53. The average molecular weight is 702 g/mol. The lowest BCUT2D eigenvalue weighted by atomic mass is 10.2. The number of anilines is 1. The van der Waals surface area contributed by atoms with Crippen LogP contribution in [0, 0.1) is 9.39 Å². The molecule has 1 N–H and O–H groups in total. The molecule has 0 saturated carbocycles. The van der Waals surface area contributed by atoms with Crippen molar-refractivity contribution in [1.29, 1.82) is 0 Å². The van der Waals surface area contributed by atoms with Gasteiger partial charge in [-0.15, -0.1) is 0 Å². The van der Waals surface area contributed by atoms with E-state index < -0.39 is 11.7 Å². The second-order valence-electron chi connectivity index (χ2n) is 9.57. The van der Waals surface area contributed by atoms with E-state index in [1.807, 2.05) is 43.3 Å². The first-order chi connectivity index (χ1) is 21.4. The van der Waals surface area contributed by atoms with Crippen LogP contribution >= 0.6 is 22.6 Å². The van der Waals surface area contributed by atoms with E-state index in [4.69, 9.17) is 18.9 Å². The Morgan fingerprint density at radius 3 is 2.61 bits per heavy atom. The van der Waals surface area contributed by atoms with Crippen LogP contribution in [0.1, 0.15) is 12.5 Å². The minimum atomic E-state index is -0.415. The fourth-order valence-electron chi connectivity index (χ4n) is 4.54. The Kier molecular flexibility index (Phi) is 8.37. The zero-order valence-electron chi connectivity index (χ0n) is 23.3. The summed E-state index contributed by atoms with van der Waals surface area (Å²) in [4.78, 5) is 30.8. The number of carbonyl (C=O) groups is 1. The van der Waals surface area contributed by atoms with Gasteiger partial charge in [-0.05, 0) is 95.7 Å². The molecule has 0 aliphatic heterocycles. The number of rotatable bonds is 9. The molecule has 0 saturated heterocycles. The van der Waals surface area contributed by atoms with E-state index in [0.717, 1.165) is 5.39 Å². The Bertz CT molecular complexity index is 2060. The highest BCUT2D eigenvalue weighted by molar-refractivity contribution is 14.1. The number of hydrogen-bond acceptors (Lipinski definition) is 7.